The number of halogens is 1. The number of aromatic nitrogens is 2. The molecule has 1 N–H and O–H groups in total. The summed E-state index contributed by atoms with van der Waals surface area (Å²) in [6.07, 6.45) is 4.86. The molecule has 19 heavy (non-hydrogen) atoms. The quantitative estimate of drug-likeness (QED) is 0.870. The summed E-state index contributed by atoms with van der Waals surface area (Å²) in [4.78, 5) is 19.7. The van der Waals surface area contributed by atoms with E-state index in [1.165, 1.54) is 7.11 Å². The van der Waals surface area contributed by atoms with Crippen LogP contribution >= 0.6 is 11.6 Å². The standard InChI is InChI=1S/C13H12ClN3O2/c1-19-13(18)11-3-2-9(14)6-12(11)17-8-10-7-15-4-5-16-10/h2-7,17H,8H2,1H3. The third-order valence-electron chi connectivity index (χ3n) is 2.46. The third-order valence-corrected chi connectivity index (χ3v) is 2.70. The molecule has 0 aliphatic carbocycles. The molecule has 1 heterocycles. The number of nitrogens with one attached hydrogen (secondary N) is 1. The topological polar surface area (TPSA) is 64.1 Å². The van der Waals surface area contributed by atoms with Crippen LogP contribution in [0.1, 0.15) is 16.1 Å². The summed E-state index contributed by atoms with van der Waals surface area (Å²) in [6, 6.07) is 4.93. The van der Waals surface area contributed by atoms with Crippen molar-refractivity contribution in [3.05, 3.63) is 53.1 Å². The number of carbonyl (C=O) groups excluding carboxylic acids is 1. The van der Waals surface area contributed by atoms with Gasteiger partial charge in [0.25, 0.3) is 0 Å². The maximum atomic E-state index is 11.6. The largest absolute Gasteiger partial charge is 0.465 e. The average molecular weight is 278 g/mol. The van der Waals surface area contributed by atoms with Crippen molar-refractivity contribution in [3.8, 4) is 0 Å². The number of esters is 1. The van der Waals surface area contributed by atoms with E-state index in [0.29, 0.717) is 22.8 Å². The first-order valence-electron chi connectivity index (χ1n) is 5.57. The lowest BCUT2D eigenvalue weighted by Gasteiger charge is -2.10. The highest BCUT2D eigenvalue weighted by Crippen LogP contribution is 2.22. The Morgan fingerprint density at radius 3 is 2.95 bits per heavy atom. The zero-order valence-corrected chi connectivity index (χ0v) is 11.0. The van der Waals surface area contributed by atoms with Crippen LogP contribution in [-0.2, 0) is 11.3 Å². The van der Waals surface area contributed by atoms with Gasteiger partial charge >= 0.3 is 5.97 Å². The van der Waals surface area contributed by atoms with Gasteiger partial charge < -0.3 is 10.1 Å². The lowest BCUT2D eigenvalue weighted by atomic mass is 10.1. The van der Waals surface area contributed by atoms with Crippen LogP contribution < -0.4 is 5.32 Å². The summed E-state index contributed by atoms with van der Waals surface area (Å²) in [5.41, 5.74) is 1.79. The molecule has 98 valence electrons. The smallest absolute Gasteiger partial charge is 0.339 e. The zero-order chi connectivity index (χ0) is 13.7. The number of carbonyl (C=O) groups is 1. The van der Waals surface area contributed by atoms with Gasteiger partial charge in [-0.2, -0.15) is 0 Å². The molecule has 1 aromatic carbocycles. The van der Waals surface area contributed by atoms with Crippen LogP contribution in [0.5, 0.6) is 0 Å². The molecule has 2 aromatic rings. The Bertz CT molecular complexity index is 575. The van der Waals surface area contributed by atoms with E-state index in [2.05, 4.69) is 15.3 Å². The van der Waals surface area contributed by atoms with Crippen molar-refractivity contribution in [3.63, 3.8) is 0 Å². The fourth-order valence-corrected chi connectivity index (χ4v) is 1.73. The van der Waals surface area contributed by atoms with Crippen LogP contribution in [0.25, 0.3) is 0 Å². The number of benzene rings is 1. The highest BCUT2D eigenvalue weighted by molar-refractivity contribution is 6.31. The molecule has 0 aliphatic rings. The van der Waals surface area contributed by atoms with Crippen LogP contribution in [-0.4, -0.2) is 23.0 Å². The first-order valence-corrected chi connectivity index (χ1v) is 5.95. The zero-order valence-electron chi connectivity index (χ0n) is 10.3. The molecular formula is C13H12ClN3O2. The van der Waals surface area contributed by atoms with E-state index in [4.69, 9.17) is 16.3 Å². The van der Waals surface area contributed by atoms with E-state index in [0.717, 1.165) is 5.69 Å². The predicted octanol–water partition coefficient (Wildman–Crippen LogP) is 2.53. The number of methoxy groups -OCH3 is 1. The van der Waals surface area contributed by atoms with E-state index in [1.807, 2.05) is 0 Å². The number of nitrogens with zero attached hydrogens (tertiary/aromatic N) is 2. The van der Waals surface area contributed by atoms with Crippen molar-refractivity contribution in [1.82, 2.24) is 9.97 Å². The summed E-state index contributed by atoms with van der Waals surface area (Å²) in [7, 11) is 1.34. The number of ether oxygens (including phenoxy) is 1. The van der Waals surface area contributed by atoms with Gasteiger partial charge in [-0.25, -0.2) is 4.79 Å². The number of rotatable bonds is 4. The van der Waals surface area contributed by atoms with Crippen LogP contribution in [0.2, 0.25) is 5.02 Å². The van der Waals surface area contributed by atoms with E-state index in [9.17, 15) is 4.79 Å². The SMILES string of the molecule is COC(=O)c1ccc(Cl)cc1NCc1cnccn1. The molecule has 0 fully saturated rings. The van der Waals surface area contributed by atoms with Crippen molar-refractivity contribution >= 4 is 23.3 Å². The average Bonchev–Trinajstić information content (AvgIpc) is 2.45. The number of hydrogen-bond donors (Lipinski definition) is 1. The van der Waals surface area contributed by atoms with Crippen LogP contribution in [0.15, 0.2) is 36.8 Å². The molecule has 0 amide bonds. The van der Waals surface area contributed by atoms with Crippen LogP contribution in [0.4, 0.5) is 5.69 Å². The first kappa shape index (κ1) is 13.3. The summed E-state index contributed by atoms with van der Waals surface area (Å²) < 4.78 is 4.72. The van der Waals surface area contributed by atoms with Gasteiger partial charge in [-0.3, -0.25) is 9.97 Å². The van der Waals surface area contributed by atoms with Gasteiger partial charge in [-0.15, -0.1) is 0 Å². The van der Waals surface area contributed by atoms with Crippen LogP contribution in [0.3, 0.4) is 0 Å². The molecule has 0 saturated carbocycles. The fraction of sp³-hybridized carbons (Fsp3) is 0.154. The third kappa shape index (κ3) is 3.42. The van der Waals surface area contributed by atoms with Crippen molar-refractivity contribution < 1.29 is 9.53 Å². The normalized spacial score (nSPS) is 10.0. The Labute approximate surface area is 115 Å². The second-order valence-corrected chi connectivity index (χ2v) is 4.17. The minimum Gasteiger partial charge on any atom is -0.465 e. The first-order chi connectivity index (χ1) is 9.20. The second-order valence-electron chi connectivity index (χ2n) is 3.73. The van der Waals surface area contributed by atoms with Crippen molar-refractivity contribution in [1.29, 1.82) is 0 Å². The fourth-order valence-electron chi connectivity index (χ4n) is 1.56. The van der Waals surface area contributed by atoms with E-state index in [1.54, 1.807) is 36.8 Å². The van der Waals surface area contributed by atoms with Crippen molar-refractivity contribution in [2.45, 2.75) is 6.54 Å². The lowest BCUT2D eigenvalue weighted by Crippen LogP contribution is -2.09. The number of anilines is 1. The Morgan fingerprint density at radius 2 is 2.26 bits per heavy atom. The molecule has 0 aliphatic heterocycles. The highest BCUT2D eigenvalue weighted by Gasteiger charge is 2.12. The maximum Gasteiger partial charge on any atom is 0.339 e. The monoisotopic (exact) mass is 277 g/mol. The van der Waals surface area contributed by atoms with Gasteiger partial charge in [0.15, 0.2) is 0 Å². The molecule has 0 unspecified atom stereocenters. The summed E-state index contributed by atoms with van der Waals surface area (Å²) in [6.45, 7) is 0.443. The second kappa shape index (κ2) is 6.15. The van der Waals surface area contributed by atoms with Gasteiger partial charge in [0, 0.05) is 17.4 Å². The maximum absolute atomic E-state index is 11.6. The Hall–Kier alpha value is -2.14. The van der Waals surface area contributed by atoms with Gasteiger partial charge in [0.2, 0.25) is 0 Å². The van der Waals surface area contributed by atoms with E-state index < -0.39 is 5.97 Å². The van der Waals surface area contributed by atoms with Crippen molar-refractivity contribution in [2.24, 2.45) is 0 Å². The Kier molecular flexibility index (Phi) is 4.30. The molecule has 0 atom stereocenters. The summed E-state index contributed by atoms with van der Waals surface area (Å²) >= 11 is 5.93. The van der Waals surface area contributed by atoms with E-state index in [-0.39, 0.29) is 0 Å². The van der Waals surface area contributed by atoms with Gasteiger partial charge in [-0.1, -0.05) is 11.6 Å². The summed E-state index contributed by atoms with van der Waals surface area (Å²) in [5, 5.41) is 3.63. The summed E-state index contributed by atoms with van der Waals surface area (Å²) in [5.74, 6) is -0.418. The lowest BCUT2D eigenvalue weighted by molar-refractivity contribution is 0.0602. The van der Waals surface area contributed by atoms with Gasteiger partial charge in [0.05, 0.1) is 36.8 Å². The molecule has 5 nitrogen and oxygen atoms in total. The Morgan fingerprint density at radius 1 is 1.42 bits per heavy atom. The molecule has 0 bridgehead atoms. The molecule has 0 radical (unpaired) electrons. The molecule has 1 aromatic heterocycles. The molecule has 2 rings (SSSR count). The minimum atomic E-state index is -0.418. The molecule has 0 spiro atoms. The van der Waals surface area contributed by atoms with E-state index >= 15 is 0 Å². The van der Waals surface area contributed by atoms with Crippen molar-refractivity contribution in [2.75, 3.05) is 12.4 Å². The Balaban J connectivity index is 2.19. The molecular weight excluding hydrogens is 266 g/mol. The van der Waals surface area contributed by atoms with Crippen LogP contribution in [0, 0.1) is 0 Å². The predicted molar refractivity (Wildman–Crippen MR) is 72.2 cm³/mol. The van der Waals surface area contributed by atoms with Gasteiger partial charge in [0.1, 0.15) is 0 Å². The number of hydrogen-bond acceptors (Lipinski definition) is 5. The van der Waals surface area contributed by atoms with Gasteiger partial charge in [-0.05, 0) is 18.2 Å². The molecule has 6 heteroatoms. The highest BCUT2D eigenvalue weighted by atomic mass is 35.5. The minimum absolute atomic E-state index is 0.418. The molecule has 0 saturated heterocycles.